The van der Waals surface area contributed by atoms with Gasteiger partial charge in [-0.1, -0.05) is 48.5 Å². The molecule has 3 nitrogen and oxygen atoms in total. The second kappa shape index (κ2) is 6.99. The van der Waals surface area contributed by atoms with Gasteiger partial charge < -0.3 is 0 Å². The van der Waals surface area contributed by atoms with Crippen molar-refractivity contribution in [3.8, 4) is 17.1 Å². The Morgan fingerprint density at radius 1 is 0.758 bits per heavy atom. The Hall–Kier alpha value is -4.02. The van der Waals surface area contributed by atoms with Crippen LogP contribution in [-0.2, 0) is 0 Å². The average molecular weight is 442 g/mol. The predicted octanol–water partition coefficient (Wildman–Crippen LogP) is 7.92. The van der Waals surface area contributed by atoms with Gasteiger partial charge in [-0.05, 0) is 55.0 Å². The molecule has 0 spiro atoms. The predicted molar refractivity (Wildman–Crippen MR) is 139 cm³/mol. The Bertz CT molecular complexity index is 1830. The van der Waals surface area contributed by atoms with E-state index in [9.17, 15) is 0 Å². The number of nitrogens with zero attached hydrogens (tertiary/aromatic N) is 3. The van der Waals surface area contributed by atoms with Crippen molar-refractivity contribution < 1.29 is 0 Å². The zero-order valence-corrected chi connectivity index (χ0v) is 18.8. The normalized spacial score (nSPS) is 11.8. The van der Waals surface area contributed by atoms with E-state index in [1.54, 1.807) is 0 Å². The minimum atomic E-state index is 0.923. The van der Waals surface area contributed by atoms with E-state index in [0.717, 1.165) is 33.5 Å². The van der Waals surface area contributed by atoms with Crippen LogP contribution in [0.5, 0.6) is 0 Å². The molecule has 0 radical (unpaired) electrons. The molecular formula is C29H19N3S. The van der Waals surface area contributed by atoms with Gasteiger partial charge >= 0.3 is 0 Å². The maximum Gasteiger partial charge on any atom is 0.137 e. The summed E-state index contributed by atoms with van der Waals surface area (Å²) in [5, 5.41) is 3.71. The fourth-order valence-corrected chi connectivity index (χ4v) is 5.93. The van der Waals surface area contributed by atoms with Gasteiger partial charge in [0.1, 0.15) is 5.82 Å². The summed E-state index contributed by atoms with van der Waals surface area (Å²) >= 11 is 1.84. The summed E-state index contributed by atoms with van der Waals surface area (Å²) in [6.45, 7) is 2.11. The molecule has 7 rings (SSSR count). The minimum Gasteiger partial charge on any atom is -0.291 e. The van der Waals surface area contributed by atoms with E-state index >= 15 is 0 Å². The fourth-order valence-electron chi connectivity index (χ4n) is 4.82. The lowest BCUT2D eigenvalue weighted by atomic mass is 10.1. The number of thiophene rings is 1. The molecule has 0 aliphatic heterocycles. The zero-order valence-electron chi connectivity index (χ0n) is 18.0. The maximum atomic E-state index is 5.17. The molecule has 0 saturated heterocycles. The van der Waals surface area contributed by atoms with E-state index in [0.29, 0.717) is 0 Å². The van der Waals surface area contributed by atoms with Crippen LogP contribution in [0, 0.1) is 6.92 Å². The lowest BCUT2D eigenvalue weighted by molar-refractivity contribution is 1.07. The van der Waals surface area contributed by atoms with Crippen molar-refractivity contribution in [1.82, 2.24) is 14.5 Å². The molecule has 0 aliphatic carbocycles. The molecule has 7 aromatic rings. The number of fused-ring (bicyclic) bond motifs is 7. The van der Waals surface area contributed by atoms with Crippen molar-refractivity contribution >= 4 is 53.4 Å². The minimum absolute atomic E-state index is 0.923. The smallest absolute Gasteiger partial charge is 0.137 e. The van der Waals surface area contributed by atoms with E-state index in [-0.39, 0.29) is 0 Å². The number of rotatable bonds is 2. The Labute approximate surface area is 194 Å². The molecule has 0 aliphatic rings. The highest BCUT2D eigenvalue weighted by atomic mass is 32.1. The van der Waals surface area contributed by atoms with Gasteiger partial charge in [-0.25, -0.2) is 9.97 Å². The highest BCUT2D eigenvalue weighted by molar-refractivity contribution is 7.26. The fraction of sp³-hybridized carbons (Fsp3) is 0.0345. The molecule has 156 valence electrons. The quantitative estimate of drug-likeness (QED) is 0.273. The van der Waals surface area contributed by atoms with Crippen LogP contribution < -0.4 is 0 Å². The molecule has 0 atom stereocenters. The van der Waals surface area contributed by atoms with Gasteiger partial charge in [-0.15, -0.1) is 11.3 Å². The van der Waals surface area contributed by atoms with Crippen molar-refractivity contribution in [3.05, 3.63) is 103 Å². The molecule has 4 heteroatoms. The monoisotopic (exact) mass is 441 g/mol. The topological polar surface area (TPSA) is 30.7 Å². The first-order valence-corrected chi connectivity index (χ1v) is 11.8. The summed E-state index contributed by atoms with van der Waals surface area (Å²) in [5.74, 6) is 0.923. The molecule has 0 fully saturated rings. The van der Waals surface area contributed by atoms with E-state index in [2.05, 4.69) is 90.4 Å². The summed E-state index contributed by atoms with van der Waals surface area (Å²) in [5.41, 5.74) is 6.55. The first kappa shape index (κ1) is 18.5. The van der Waals surface area contributed by atoms with Crippen molar-refractivity contribution in [2.24, 2.45) is 0 Å². The van der Waals surface area contributed by atoms with E-state index in [4.69, 9.17) is 9.97 Å². The van der Waals surface area contributed by atoms with Gasteiger partial charge in [0.15, 0.2) is 0 Å². The molecule has 4 heterocycles. The number of pyridine rings is 2. The third-order valence-corrected chi connectivity index (χ3v) is 7.45. The van der Waals surface area contributed by atoms with Crippen molar-refractivity contribution in [1.29, 1.82) is 0 Å². The third-order valence-electron chi connectivity index (χ3n) is 6.31. The Morgan fingerprint density at radius 3 is 2.48 bits per heavy atom. The SMILES string of the molecule is Cc1ccnc(-n2c3ccc(-c4ccccc4)nc3c3ccc4sc5ccccc5c4c32)c1. The zero-order chi connectivity index (χ0) is 21.9. The van der Waals surface area contributed by atoms with Crippen LogP contribution in [0.15, 0.2) is 97.2 Å². The lowest BCUT2D eigenvalue weighted by Gasteiger charge is -2.09. The largest absolute Gasteiger partial charge is 0.291 e. The number of aryl methyl sites for hydroxylation is 1. The summed E-state index contributed by atoms with van der Waals surface area (Å²) in [4.78, 5) is 9.94. The first-order valence-electron chi connectivity index (χ1n) is 11.0. The van der Waals surface area contributed by atoms with Gasteiger partial charge in [0.05, 0.1) is 22.2 Å². The van der Waals surface area contributed by atoms with E-state index in [1.165, 1.54) is 31.3 Å². The van der Waals surface area contributed by atoms with Crippen molar-refractivity contribution in [2.75, 3.05) is 0 Å². The second-order valence-corrected chi connectivity index (χ2v) is 9.47. The van der Waals surface area contributed by atoms with Crippen LogP contribution in [0.3, 0.4) is 0 Å². The lowest BCUT2D eigenvalue weighted by Crippen LogP contribution is -1.98. The molecular weight excluding hydrogens is 422 g/mol. The van der Waals surface area contributed by atoms with Crippen LogP contribution >= 0.6 is 11.3 Å². The standard InChI is InChI=1S/C29H19N3S/c1-18-15-16-30-26(17-18)32-23-13-12-22(19-7-3-2-4-8-19)31-28(23)21-11-14-25-27(29(21)32)20-9-5-6-10-24(20)33-25/h2-17H,1H3. The van der Waals surface area contributed by atoms with Gasteiger partial charge in [0.2, 0.25) is 0 Å². The Kier molecular flexibility index (Phi) is 3.93. The highest BCUT2D eigenvalue weighted by Crippen LogP contribution is 2.42. The molecule has 33 heavy (non-hydrogen) atoms. The highest BCUT2D eigenvalue weighted by Gasteiger charge is 2.20. The summed E-state index contributed by atoms with van der Waals surface area (Å²) in [6, 6.07) is 32.0. The Morgan fingerprint density at radius 2 is 1.61 bits per heavy atom. The van der Waals surface area contributed by atoms with Crippen LogP contribution in [0.4, 0.5) is 0 Å². The molecule has 3 aromatic carbocycles. The van der Waals surface area contributed by atoms with Gasteiger partial charge in [0.25, 0.3) is 0 Å². The molecule has 0 saturated carbocycles. The first-order chi connectivity index (χ1) is 16.3. The van der Waals surface area contributed by atoms with Crippen molar-refractivity contribution in [3.63, 3.8) is 0 Å². The van der Waals surface area contributed by atoms with E-state index < -0.39 is 0 Å². The molecule has 0 bridgehead atoms. The molecule has 0 N–H and O–H groups in total. The Balaban J connectivity index is 1.69. The van der Waals surface area contributed by atoms with Crippen molar-refractivity contribution in [2.45, 2.75) is 6.92 Å². The van der Waals surface area contributed by atoms with Crippen LogP contribution in [0.25, 0.3) is 59.2 Å². The summed E-state index contributed by atoms with van der Waals surface area (Å²) in [7, 11) is 0. The molecule has 4 aromatic heterocycles. The third kappa shape index (κ3) is 2.74. The average Bonchev–Trinajstić information content (AvgIpc) is 3.39. The number of benzene rings is 3. The number of hydrogen-bond donors (Lipinski definition) is 0. The number of hydrogen-bond acceptors (Lipinski definition) is 3. The maximum absolute atomic E-state index is 5.17. The van der Waals surface area contributed by atoms with Crippen LogP contribution in [-0.4, -0.2) is 14.5 Å². The number of aromatic nitrogens is 3. The summed E-state index contributed by atoms with van der Waals surface area (Å²) in [6.07, 6.45) is 1.89. The molecule has 0 unspecified atom stereocenters. The van der Waals surface area contributed by atoms with Crippen LogP contribution in [0.1, 0.15) is 5.56 Å². The summed E-state index contributed by atoms with van der Waals surface area (Å²) < 4.78 is 4.87. The van der Waals surface area contributed by atoms with Gasteiger partial charge in [-0.2, -0.15) is 0 Å². The van der Waals surface area contributed by atoms with Gasteiger partial charge in [0, 0.05) is 37.3 Å². The van der Waals surface area contributed by atoms with E-state index in [1.807, 2.05) is 29.7 Å². The molecule has 0 amide bonds. The van der Waals surface area contributed by atoms with Gasteiger partial charge in [-0.3, -0.25) is 4.57 Å². The second-order valence-electron chi connectivity index (χ2n) is 8.39. The van der Waals surface area contributed by atoms with Crippen LogP contribution in [0.2, 0.25) is 0 Å².